The van der Waals surface area contributed by atoms with E-state index in [0.717, 1.165) is 22.6 Å². The summed E-state index contributed by atoms with van der Waals surface area (Å²) in [6.07, 6.45) is 5.69. The predicted octanol–water partition coefficient (Wildman–Crippen LogP) is 18.7. The van der Waals surface area contributed by atoms with Gasteiger partial charge in [-0.25, -0.2) is 0 Å². The van der Waals surface area contributed by atoms with Gasteiger partial charge in [-0.1, -0.05) is 207 Å². The van der Waals surface area contributed by atoms with Gasteiger partial charge in [-0.15, -0.1) is 0 Å². The quantitative estimate of drug-likeness (QED) is 0.103. The lowest BCUT2D eigenvalue weighted by Gasteiger charge is -2.26. The zero-order chi connectivity index (χ0) is 44.8. The van der Waals surface area contributed by atoms with Gasteiger partial charge in [0.15, 0.2) is 0 Å². The van der Waals surface area contributed by atoms with Crippen molar-refractivity contribution >= 4 is 76.0 Å². The summed E-state index contributed by atoms with van der Waals surface area (Å²) in [6, 6.07) is 84.7. The van der Waals surface area contributed by atoms with Gasteiger partial charge in [-0.3, -0.25) is 0 Å². The molecule has 0 fully saturated rings. The third-order valence-corrected chi connectivity index (χ3v) is 13.5. The summed E-state index contributed by atoms with van der Waals surface area (Å²) in [4.78, 5) is 2.22. The normalized spacial score (nSPS) is 11.8. The highest BCUT2D eigenvalue weighted by molar-refractivity contribution is 6.25. The molecule has 0 aliphatic carbocycles. The van der Waals surface area contributed by atoms with Crippen molar-refractivity contribution < 1.29 is 0 Å². The Hall–Kier alpha value is -8.78. The maximum absolute atomic E-state index is 4.15. The second-order valence-electron chi connectivity index (χ2n) is 17.3. The van der Waals surface area contributed by atoms with Crippen LogP contribution in [0, 0.1) is 0 Å². The maximum atomic E-state index is 4.15. The van der Waals surface area contributed by atoms with Crippen LogP contribution in [-0.2, 0) is 0 Å². The Morgan fingerprint density at radius 2 is 0.657 bits per heavy atom. The van der Waals surface area contributed by atoms with Crippen LogP contribution in [0.4, 0.5) is 11.4 Å². The molecule has 0 aliphatic rings. The molecular formula is C66H45N. The van der Waals surface area contributed by atoms with E-state index >= 15 is 0 Å². The van der Waals surface area contributed by atoms with Crippen LogP contribution in [-0.4, -0.2) is 0 Å². The van der Waals surface area contributed by atoms with Gasteiger partial charge in [0, 0.05) is 17.1 Å². The van der Waals surface area contributed by atoms with E-state index in [0.29, 0.717) is 0 Å². The van der Waals surface area contributed by atoms with E-state index in [-0.39, 0.29) is 0 Å². The van der Waals surface area contributed by atoms with Gasteiger partial charge < -0.3 is 4.90 Å². The average molecular weight is 852 g/mol. The zero-order valence-electron chi connectivity index (χ0n) is 37.0. The van der Waals surface area contributed by atoms with Crippen molar-refractivity contribution in [1.82, 2.24) is 0 Å². The SMILES string of the molecule is C=C/C=C(\C=C)N(c1ccccc1)c1ccc(-c2c3ccccc3c(-c3ccc4c(-c5ccc6ccccc6c5)c5ccccc5c(-c5ccc6ccccc6c5)c4c3)c3ccccc23)cc1. The van der Waals surface area contributed by atoms with Gasteiger partial charge in [-0.2, -0.15) is 0 Å². The van der Waals surface area contributed by atoms with Crippen molar-refractivity contribution in [3.05, 3.63) is 268 Å². The maximum Gasteiger partial charge on any atom is 0.0462 e. The van der Waals surface area contributed by atoms with Gasteiger partial charge in [0.05, 0.1) is 0 Å². The monoisotopic (exact) mass is 851 g/mol. The lowest BCUT2D eigenvalue weighted by atomic mass is 9.82. The molecule has 0 spiro atoms. The van der Waals surface area contributed by atoms with E-state index in [1.807, 2.05) is 24.3 Å². The van der Waals surface area contributed by atoms with Gasteiger partial charge >= 0.3 is 0 Å². The zero-order valence-corrected chi connectivity index (χ0v) is 37.0. The van der Waals surface area contributed by atoms with Crippen LogP contribution in [0.3, 0.4) is 0 Å². The summed E-state index contributed by atoms with van der Waals surface area (Å²) in [5.41, 5.74) is 12.8. The standard InChI is InChI=1S/C66H45N/c1-3-18-52(4-2)67(53-23-6-5-7-24-53)54-38-35-46(36-39-54)63-55-25-12-14-27-57(55)65(58-28-15-13-26-56(58)63)51-37-40-61-62(43-51)66(50-34-32-45-20-9-11-22-48(45)42-50)60-30-17-16-29-59(60)64(61)49-33-31-44-19-8-10-21-47(44)41-49/h3-43H,1-2H2/b52-18+. The van der Waals surface area contributed by atoms with Crippen LogP contribution in [0.15, 0.2) is 268 Å². The highest BCUT2D eigenvalue weighted by Gasteiger charge is 2.22. The van der Waals surface area contributed by atoms with E-state index in [1.165, 1.54) is 104 Å². The molecule has 0 heterocycles. The molecular weight excluding hydrogens is 807 g/mol. The van der Waals surface area contributed by atoms with Crippen LogP contribution in [0.2, 0.25) is 0 Å². The number of hydrogen-bond donors (Lipinski definition) is 0. The Balaban J connectivity index is 1.11. The molecule has 0 aromatic heterocycles. The Labute approximate surface area is 391 Å². The van der Waals surface area contributed by atoms with Crippen molar-refractivity contribution in [2.45, 2.75) is 0 Å². The number of allylic oxidation sites excluding steroid dienone is 3. The Morgan fingerprint density at radius 3 is 1.13 bits per heavy atom. The van der Waals surface area contributed by atoms with Gasteiger partial charge in [0.2, 0.25) is 0 Å². The lowest BCUT2D eigenvalue weighted by molar-refractivity contribution is 1.21. The van der Waals surface area contributed by atoms with Crippen LogP contribution < -0.4 is 4.90 Å². The number of para-hydroxylation sites is 1. The minimum absolute atomic E-state index is 0.950. The van der Waals surface area contributed by atoms with E-state index in [9.17, 15) is 0 Å². The number of nitrogens with zero attached hydrogens (tertiary/aromatic N) is 1. The third-order valence-electron chi connectivity index (χ3n) is 13.5. The number of fused-ring (bicyclic) bond motifs is 6. The molecule has 12 aromatic carbocycles. The van der Waals surface area contributed by atoms with Crippen LogP contribution in [0.5, 0.6) is 0 Å². The van der Waals surface area contributed by atoms with Crippen LogP contribution in [0.25, 0.3) is 109 Å². The molecule has 0 saturated carbocycles. The number of anilines is 2. The fourth-order valence-electron chi connectivity index (χ4n) is 10.6. The van der Waals surface area contributed by atoms with E-state index in [2.05, 4.69) is 243 Å². The summed E-state index contributed by atoms with van der Waals surface area (Å²) in [5.74, 6) is 0. The Bertz CT molecular complexity index is 3890. The molecule has 0 unspecified atom stereocenters. The van der Waals surface area contributed by atoms with Gasteiger partial charge in [0.1, 0.15) is 0 Å². The second-order valence-corrected chi connectivity index (χ2v) is 17.3. The molecule has 67 heavy (non-hydrogen) atoms. The first-order valence-corrected chi connectivity index (χ1v) is 23.0. The smallest absolute Gasteiger partial charge is 0.0462 e. The summed E-state index contributed by atoms with van der Waals surface area (Å²) >= 11 is 0. The third kappa shape index (κ3) is 6.80. The first kappa shape index (κ1) is 39.8. The summed E-state index contributed by atoms with van der Waals surface area (Å²) in [5, 5.41) is 14.8. The Kier molecular flexibility index (Phi) is 9.89. The molecule has 0 aliphatic heterocycles. The van der Waals surface area contributed by atoms with E-state index in [4.69, 9.17) is 0 Å². The number of rotatable bonds is 9. The molecule has 0 bridgehead atoms. The summed E-state index contributed by atoms with van der Waals surface area (Å²) in [6.45, 7) is 8.14. The van der Waals surface area contributed by atoms with Crippen LogP contribution >= 0.6 is 0 Å². The van der Waals surface area contributed by atoms with E-state index in [1.54, 1.807) is 0 Å². The summed E-state index contributed by atoms with van der Waals surface area (Å²) < 4.78 is 0. The largest absolute Gasteiger partial charge is 0.311 e. The first-order chi connectivity index (χ1) is 33.2. The van der Waals surface area contributed by atoms with Gasteiger partial charge in [0.25, 0.3) is 0 Å². The average Bonchev–Trinajstić information content (AvgIpc) is 3.39. The molecule has 0 radical (unpaired) electrons. The highest BCUT2D eigenvalue weighted by Crippen LogP contribution is 2.49. The topological polar surface area (TPSA) is 3.24 Å². The fraction of sp³-hybridized carbons (Fsp3) is 0. The van der Waals surface area contributed by atoms with Gasteiger partial charge in [-0.05, 0) is 164 Å². The first-order valence-electron chi connectivity index (χ1n) is 23.0. The molecule has 0 saturated heterocycles. The second kappa shape index (κ2) is 16.7. The highest BCUT2D eigenvalue weighted by atomic mass is 15.1. The molecule has 1 heteroatoms. The van der Waals surface area contributed by atoms with Crippen molar-refractivity contribution in [2.75, 3.05) is 4.90 Å². The molecule has 0 amide bonds. The van der Waals surface area contributed by atoms with Crippen molar-refractivity contribution in [3.8, 4) is 44.5 Å². The molecule has 0 N–H and O–H groups in total. The number of benzene rings is 12. The van der Waals surface area contributed by atoms with Crippen molar-refractivity contribution in [3.63, 3.8) is 0 Å². The minimum Gasteiger partial charge on any atom is -0.311 e. The molecule has 1 nitrogen and oxygen atoms in total. The van der Waals surface area contributed by atoms with E-state index < -0.39 is 0 Å². The molecule has 314 valence electrons. The van der Waals surface area contributed by atoms with Crippen molar-refractivity contribution in [1.29, 1.82) is 0 Å². The summed E-state index contributed by atoms with van der Waals surface area (Å²) in [7, 11) is 0. The van der Waals surface area contributed by atoms with Crippen molar-refractivity contribution in [2.24, 2.45) is 0 Å². The molecule has 12 aromatic rings. The van der Waals surface area contributed by atoms with Crippen LogP contribution in [0.1, 0.15) is 0 Å². The molecule has 12 rings (SSSR count). The minimum atomic E-state index is 0.950. The predicted molar refractivity (Wildman–Crippen MR) is 290 cm³/mol. The molecule has 0 atom stereocenters. The Morgan fingerprint density at radius 1 is 0.299 bits per heavy atom. The fourth-order valence-corrected chi connectivity index (χ4v) is 10.6. The number of hydrogen-bond acceptors (Lipinski definition) is 1. The lowest BCUT2D eigenvalue weighted by Crippen LogP contribution is -2.14.